The predicted octanol–water partition coefficient (Wildman–Crippen LogP) is 2.97. The Morgan fingerprint density at radius 1 is 1.10 bits per heavy atom. The van der Waals surface area contributed by atoms with Crippen molar-refractivity contribution in [2.75, 3.05) is 42.8 Å². The SMILES string of the molecule is Cc1cnc(N[C@H]2CC[C@@H](NC(=O)CN(C)c3ccc(F)cc3)CC2)nc1N(C)C. The van der Waals surface area contributed by atoms with E-state index in [2.05, 4.69) is 20.6 Å². The number of carbonyl (C=O) groups is 1. The highest BCUT2D eigenvalue weighted by Crippen LogP contribution is 2.23. The Labute approximate surface area is 177 Å². The van der Waals surface area contributed by atoms with Crippen LogP contribution in [-0.4, -0.2) is 55.6 Å². The zero-order valence-corrected chi connectivity index (χ0v) is 18.2. The Hall–Kier alpha value is -2.90. The van der Waals surface area contributed by atoms with E-state index in [9.17, 15) is 9.18 Å². The molecule has 30 heavy (non-hydrogen) atoms. The van der Waals surface area contributed by atoms with Crippen LogP contribution in [0.15, 0.2) is 30.5 Å². The number of likely N-dealkylation sites (N-methyl/N-ethyl adjacent to an activating group) is 1. The highest BCUT2D eigenvalue weighted by molar-refractivity contribution is 5.81. The Morgan fingerprint density at radius 2 is 1.73 bits per heavy atom. The average Bonchev–Trinajstić information content (AvgIpc) is 2.71. The van der Waals surface area contributed by atoms with Gasteiger partial charge in [0.1, 0.15) is 11.6 Å². The molecule has 1 saturated carbocycles. The van der Waals surface area contributed by atoms with E-state index in [1.54, 1.807) is 12.1 Å². The molecule has 1 aliphatic rings. The third kappa shape index (κ3) is 5.81. The van der Waals surface area contributed by atoms with Crippen molar-refractivity contribution in [3.8, 4) is 0 Å². The third-order valence-corrected chi connectivity index (χ3v) is 5.44. The molecular weight excluding hydrogens is 383 g/mol. The number of halogens is 1. The fourth-order valence-electron chi connectivity index (χ4n) is 3.80. The van der Waals surface area contributed by atoms with Gasteiger partial charge in [0, 0.05) is 50.7 Å². The standard InChI is InChI=1S/C22H31FN6O/c1-15-13-24-22(27-21(15)28(2)3)26-18-9-7-17(8-10-18)25-20(30)14-29(4)19-11-5-16(23)6-12-19/h5-6,11-13,17-18H,7-10,14H2,1-4H3,(H,25,30)(H,24,26,27)/t17-,18+. The Bertz CT molecular complexity index is 849. The number of benzene rings is 1. The summed E-state index contributed by atoms with van der Waals surface area (Å²) in [6, 6.07) is 6.63. The normalized spacial score (nSPS) is 18.6. The number of hydrogen-bond acceptors (Lipinski definition) is 6. The van der Waals surface area contributed by atoms with E-state index in [-0.39, 0.29) is 24.3 Å². The van der Waals surface area contributed by atoms with Gasteiger partial charge in [-0.05, 0) is 56.9 Å². The van der Waals surface area contributed by atoms with Crippen LogP contribution in [-0.2, 0) is 4.79 Å². The molecule has 7 nitrogen and oxygen atoms in total. The van der Waals surface area contributed by atoms with Gasteiger partial charge in [0.25, 0.3) is 0 Å². The molecule has 2 N–H and O–H groups in total. The van der Waals surface area contributed by atoms with Crippen LogP contribution in [0.1, 0.15) is 31.2 Å². The fourth-order valence-corrected chi connectivity index (χ4v) is 3.80. The molecule has 3 rings (SSSR count). The van der Waals surface area contributed by atoms with Crippen LogP contribution in [0.4, 0.5) is 21.8 Å². The van der Waals surface area contributed by atoms with Crippen LogP contribution in [0.3, 0.4) is 0 Å². The molecule has 8 heteroatoms. The highest BCUT2D eigenvalue weighted by Gasteiger charge is 2.23. The van der Waals surface area contributed by atoms with Gasteiger partial charge in [-0.3, -0.25) is 4.79 Å². The van der Waals surface area contributed by atoms with Crippen molar-refractivity contribution in [2.24, 2.45) is 0 Å². The van der Waals surface area contributed by atoms with Crippen molar-refractivity contribution < 1.29 is 9.18 Å². The van der Waals surface area contributed by atoms with Crippen molar-refractivity contribution in [2.45, 2.75) is 44.7 Å². The van der Waals surface area contributed by atoms with Crippen molar-refractivity contribution >= 4 is 23.4 Å². The summed E-state index contributed by atoms with van der Waals surface area (Å²) in [5.74, 6) is 1.27. The second-order valence-electron chi connectivity index (χ2n) is 8.19. The zero-order chi connectivity index (χ0) is 21.7. The van der Waals surface area contributed by atoms with Crippen LogP contribution in [0.25, 0.3) is 0 Å². The van der Waals surface area contributed by atoms with E-state index in [0.717, 1.165) is 42.8 Å². The van der Waals surface area contributed by atoms with Crippen molar-refractivity contribution in [3.05, 3.63) is 41.8 Å². The summed E-state index contributed by atoms with van der Waals surface area (Å²) in [5.41, 5.74) is 1.86. The lowest BCUT2D eigenvalue weighted by Crippen LogP contribution is -2.44. The number of anilines is 3. The van der Waals surface area contributed by atoms with Gasteiger partial charge < -0.3 is 20.4 Å². The van der Waals surface area contributed by atoms with Crippen LogP contribution in [0, 0.1) is 12.7 Å². The van der Waals surface area contributed by atoms with Gasteiger partial charge in [0.15, 0.2) is 0 Å². The topological polar surface area (TPSA) is 73.4 Å². The molecule has 0 radical (unpaired) electrons. The number of amides is 1. The minimum Gasteiger partial charge on any atom is -0.365 e. The van der Waals surface area contributed by atoms with Crippen LogP contribution in [0.2, 0.25) is 0 Å². The summed E-state index contributed by atoms with van der Waals surface area (Å²) < 4.78 is 13.1. The summed E-state index contributed by atoms with van der Waals surface area (Å²) in [5, 5.41) is 6.56. The van der Waals surface area contributed by atoms with Crippen molar-refractivity contribution in [1.82, 2.24) is 15.3 Å². The van der Waals surface area contributed by atoms with E-state index >= 15 is 0 Å². The summed E-state index contributed by atoms with van der Waals surface area (Å²) in [7, 11) is 5.78. The lowest BCUT2D eigenvalue weighted by Gasteiger charge is -2.30. The van der Waals surface area contributed by atoms with Crippen LogP contribution >= 0.6 is 0 Å². The number of rotatable bonds is 7. The first-order valence-electron chi connectivity index (χ1n) is 10.4. The molecule has 1 aromatic carbocycles. The average molecular weight is 415 g/mol. The maximum Gasteiger partial charge on any atom is 0.239 e. The molecule has 1 amide bonds. The Balaban J connectivity index is 1.44. The first-order valence-corrected chi connectivity index (χ1v) is 10.4. The summed E-state index contributed by atoms with van der Waals surface area (Å²) in [6.07, 6.45) is 5.57. The van der Waals surface area contributed by atoms with Gasteiger partial charge in [-0.2, -0.15) is 4.98 Å². The number of aryl methyl sites for hydroxylation is 1. The third-order valence-electron chi connectivity index (χ3n) is 5.44. The number of nitrogens with zero attached hydrogens (tertiary/aromatic N) is 4. The minimum atomic E-state index is -0.282. The molecule has 162 valence electrons. The quantitative estimate of drug-likeness (QED) is 0.726. The molecule has 0 saturated heterocycles. The molecule has 1 aromatic heterocycles. The maximum atomic E-state index is 13.1. The first kappa shape index (κ1) is 21.8. The molecule has 0 aliphatic heterocycles. The van der Waals surface area contributed by atoms with Crippen LogP contribution in [0.5, 0.6) is 0 Å². The molecule has 1 heterocycles. The molecule has 0 atom stereocenters. The fraction of sp³-hybridized carbons (Fsp3) is 0.500. The summed E-state index contributed by atoms with van der Waals surface area (Å²) in [6.45, 7) is 2.24. The van der Waals surface area contributed by atoms with E-state index in [1.807, 2.05) is 44.1 Å². The number of nitrogens with one attached hydrogen (secondary N) is 2. The largest absolute Gasteiger partial charge is 0.365 e. The monoisotopic (exact) mass is 414 g/mol. The molecule has 0 spiro atoms. The van der Waals surface area contributed by atoms with Gasteiger partial charge in [-0.1, -0.05) is 0 Å². The van der Waals surface area contributed by atoms with Crippen LogP contribution < -0.4 is 20.4 Å². The van der Waals surface area contributed by atoms with E-state index in [1.165, 1.54) is 12.1 Å². The van der Waals surface area contributed by atoms with E-state index in [0.29, 0.717) is 12.0 Å². The zero-order valence-electron chi connectivity index (χ0n) is 18.2. The van der Waals surface area contributed by atoms with Crippen molar-refractivity contribution in [3.63, 3.8) is 0 Å². The molecule has 0 bridgehead atoms. The summed E-state index contributed by atoms with van der Waals surface area (Å²) >= 11 is 0. The lowest BCUT2D eigenvalue weighted by molar-refractivity contribution is -0.120. The number of carbonyl (C=O) groups excluding carboxylic acids is 1. The Morgan fingerprint density at radius 3 is 2.37 bits per heavy atom. The number of hydrogen-bond donors (Lipinski definition) is 2. The predicted molar refractivity (Wildman–Crippen MR) is 119 cm³/mol. The highest BCUT2D eigenvalue weighted by atomic mass is 19.1. The Kier molecular flexibility index (Phi) is 7.07. The second kappa shape index (κ2) is 9.73. The number of aromatic nitrogens is 2. The molecule has 0 unspecified atom stereocenters. The van der Waals surface area contributed by atoms with Crippen molar-refractivity contribution in [1.29, 1.82) is 0 Å². The van der Waals surface area contributed by atoms with Gasteiger partial charge in [0.2, 0.25) is 11.9 Å². The molecular formula is C22H31FN6O. The van der Waals surface area contributed by atoms with Gasteiger partial charge in [0.05, 0.1) is 6.54 Å². The lowest BCUT2D eigenvalue weighted by atomic mass is 9.91. The first-order chi connectivity index (χ1) is 14.3. The molecule has 2 aromatic rings. The maximum absolute atomic E-state index is 13.1. The van der Waals surface area contributed by atoms with Gasteiger partial charge in [-0.15, -0.1) is 0 Å². The van der Waals surface area contributed by atoms with E-state index < -0.39 is 0 Å². The minimum absolute atomic E-state index is 0.0178. The smallest absolute Gasteiger partial charge is 0.239 e. The molecule has 1 fully saturated rings. The summed E-state index contributed by atoms with van der Waals surface area (Å²) in [4.78, 5) is 25.2. The molecule has 1 aliphatic carbocycles. The second-order valence-corrected chi connectivity index (χ2v) is 8.19. The van der Waals surface area contributed by atoms with Gasteiger partial charge >= 0.3 is 0 Å². The van der Waals surface area contributed by atoms with Gasteiger partial charge in [-0.25, -0.2) is 9.37 Å². The van der Waals surface area contributed by atoms with E-state index in [4.69, 9.17) is 0 Å².